The molecule has 0 aromatic carbocycles. The number of hydrogen-bond acceptors (Lipinski definition) is 4. The number of nitrogens with zero attached hydrogens (tertiary/aromatic N) is 1. The molecule has 1 heterocycles. The summed E-state index contributed by atoms with van der Waals surface area (Å²) in [6, 6.07) is 4.57. The fourth-order valence-electron chi connectivity index (χ4n) is 2.62. The van der Waals surface area contributed by atoms with Crippen LogP contribution in [0.3, 0.4) is 0 Å². The third kappa shape index (κ3) is 6.48. The number of pyridine rings is 1. The zero-order valence-corrected chi connectivity index (χ0v) is 15.7. The molecule has 0 aliphatic heterocycles. The third-order valence-electron chi connectivity index (χ3n) is 4.25. The predicted octanol–water partition coefficient (Wildman–Crippen LogP) is 5.09. The number of nitrogens with one attached hydrogen (secondary N) is 1. The molecule has 1 aromatic heterocycles. The van der Waals surface area contributed by atoms with Gasteiger partial charge in [-0.05, 0) is 51.7 Å². The van der Waals surface area contributed by atoms with Gasteiger partial charge in [-0.1, -0.05) is 27.2 Å². The summed E-state index contributed by atoms with van der Waals surface area (Å²) >= 11 is 0. The number of rotatable bonds is 11. The molecule has 1 aromatic rings. The molecule has 0 saturated heterocycles. The van der Waals surface area contributed by atoms with Gasteiger partial charge in [0.15, 0.2) is 6.29 Å². The van der Waals surface area contributed by atoms with Gasteiger partial charge in [-0.25, -0.2) is 4.98 Å². The van der Waals surface area contributed by atoms with Crippen LogP contribution in [0.2, 0.25) is 0 Å². The van der Waals surface area contributed by atoms with Crippen LogP contribution in [-0.2, 0) is 9.47 Å². The zero-order chi connectivity index (χ0) is 17.2. The Hall–Kier alpha value is -1.13. The molecule has 0 bridgehead atoms. The quantitative estimate of drug-likeness (QED) is 0.576. The van der Waals surface area contributed by atoms with Gasteiger partial charge in [0.25, 0.3) is 0 Å². The number of ether oxygens (including phenoxy) is 2. The zero-order valence-electron chi connectivity index (χ0n) is 15.7. The lowest BCUT2D eigenvalue weighted by Gasteiger charge is -2.23. The van der Waals surface area contributed by atoms with E-state index in [1.54, 1.807) is 0 Å². The molecule has 132 valence electrons. The van der Waals surface area contributed by atoms with Crippen molar-refractivity contribution in [2.75, 3.05) is 18.5 Å². The van der Waals surface area contributed by atoms with E-state index in [1.165, 1.54) is 12.8 Å². The van der Waals surface area contributed by atoms with Crippen molar-refractivity contribution in [2.24, 2.45) is 5.92 Å². The molecule has 0 spiro atoms. The lowest BCUT2D eigenvalue weighted by molar-refractivity contribution is -0.140. The Balaban J connectivity index is 2.81. The maximum atomic E-state index is 5.68. The maximum Gasteiger partial charge on any atom is 0.185 e. The summed E-state index contributed by atoms with van der Waals surface area (Å²) in [4.78, 5) is 4.71. The molecule has 0 amide bonds. The van der Waals surface area contributed by atoms with Crippen LogP contribution in [-0.4, -0.2) is 24.2 Å². The highest BCUT2D eigenvalue weighted by atomic mass is 16.7. The molecule has 0 radical (unpaired) electrons. The second kappa shape index (κ2) is 10.6. The standard InChI is InChI=1S/C19H34N2O2/c1-7-14(5)13-16(8-2)21-18-12-11-17(15(6)20-18)19(22-9-3)23-10-4/h11-12,14,16,19H,7-10,13H2,1-6H3,(H,20,21). The van der Waals surface area contributed by atoms with E-state index in [2.05, 4.69) is 32.2 Å². The van der Waals surface area contributed by atoms with E-state index in [1.807, 2.05) is 26.8 Å². The Kier molecular flexibility index (Phi) is 9.19. The average molecular weight is 322 g/mol. The summed E-state index contributed by atoms with van der Waals surface area (Å²) in [6.45, 7) is 14.0. The normalized spacial score (nSPS) is 14.0. The number of hydrogen-bond donors (Lipinski definition) is 1. The van der Waals surface area contributed by atoms with E-state index >= 15 is 0 Å². The molecule has 4 heteroatoms. The first-order chi connectivity index (χ1) is 11.0. The lowest BCUT2D eigenvalue weighted by Crippen LogP contribution is -2.22. The first-order valence-electron chi connectivity index (χ1n) is 9.02. The molecule has 1 N–H and O–H groups in total. The summed E-state index contributed by atoms with van der Waals surface area (Å²) < 4.78 is 11.4. The minimum atomic E-state index is -0.325. The Morgan fingerprint density at radius 2 is 1.70 bits per heavy atom. The van der Waals surface area contributed by atoms with Crippen LogP contribution in [0.4, 0.5) is 5.82 Å². The molecule has 0 aliphatic rings. The third-order valence-corrected chi connectivity index (χ3v) is 4.25. The molecule has 2 unspecified atom stereocenters. The Morgan fingerprint density at radius 3 is 2.17 bits per heavy atom. The van der Waals surface area contributed by atoms with Crippen molar-refractivity contribution >= 4 is 5.82 Å². The van der Waals surface area contributed by atoms with Crippen molar-refractivity contribution in [3.63, 3.8) is 0 Å². The van der Waals surface area contributed by atoms with Crippen LogP contribution >= 0.6 is 0 Å². The lowest BCUT2D eigenvalue weighted by atomic mass is 9.98. The van der Waals surface area contributed by atoms with Crippen LogP contribution in [0.25, 0.3) is 0 Å². The predicted molar refractivity (Wildman–Crippen MR) is 96.7 cm³/mol. The Morgan fingerprint density at radius 1 is 1.04 bits per heavy atom. The number of anilines is 1. The van der Waals surface area contributed by atoms with Crippen LogP contribution < -0.4 is 5.32 Å². The highest BCUT2D eigenvalue weighted by Gasteiger charge is 2.16. The summed E-state index contributed by atoms with van der Waals surface area (Å²) in [5, 5.41) is 3.57. The topological polar surface area (TPSA) is 43.4 Å². The molecule has 0 saturated carbocycles. The summed E-state index contributed by atoms with van der Waals surface area (Å²) in [5.41, 5.74) is 1.97. The smallest absolute Gasteiger partial charge is 0.185 e. The van der Waals surface area contributed by atoms with Gasteiger partial charge in [-0.15, -0.1) is 0 Å². The second-order valence-corrected chi connectivity index (χ2v) is 6.11. The summed E-state index contributed by atoms with van der Waals surface area (Å²) in [6.07, 6.45) is 3.17. The van der Waals surface area contributed by atoms with Crippen molar-refractivity contribution < 1.29 is 9.47 Å². The van der Waals surface area contributed by atoms with E-state index in [0.29, 0.717) is 19.3 Å². The molecule has 0 fully saturated rings. The molecular weight excluding hydrogens is 288 g/mol. The highest BCUT2D eigenvalue weighted by Crippen LogP contribution is 2.24. The highest BCUT2D eigenvalue weighted by molar-refractivity contribution is 5.39. The van der Waals surface area contributed by atoms with E-state index in [0.717, 1.165) is 29.4 Å². The Labute approximate surface area is 142 Å². The van der Waals surface area contributed by atoms with Crippen LogP contribution in [0, 0.1) is 12.8 Å². The van der Waals surface area contributed by atoms with Gasteiger partial charge in [0, 0.05) is 30.5 Å². The van der Waals surface area contributed by atoms with E-state index in [9.17, 15) is 0 Å². The average Bonchev–Trinajstić information content (AvgIpc) is 2.54. The van der Waals surface area contributed by atoms with Crippen molar-refractivity contribution in [1.29, 1.82) is 0 Å². The number of aryl methyl sites for hydroxylation is 1. The minimum absolute atomic E-state index is 0.325. The molecule has 4 nitrogen and oxygen atoms in total. The van der Waals surface area contributed by atoms with Crippen molar-refractivity contribution in [3.8, 4) is 0 Å². The molecule has 0 aliphatic carbocycles. The van der Waals surface area contributed by atoms with Crippen molar-refractivity contribution in [2.45, 2.75) is 73.1 Å². The van der Waals surface area contributed by atoms with E-state index < -0.39 is 0 Å². The second-order valence-electron chi connectivity index (χ2n) is 6.11. The molecule has 1 rings (SSSR count). The SMILES string of the molecule is CCOC(OCC)c1ccc(NC(CC)CC(C)CC)nc1C. The van der Waals surface area contributed by atoms with E-state index in [4.69, 9.17) is 14.5 Å². The van der Waals surface area contributed by atoms with Gasteiger partial charge < -0.3 is 14.8 Å². The number of aromatic nitrogens is 1. The van der Waals surface area contributed by atoms with Crippen LogP contribution in [0.1, 0.15) is 71.4 Å². The van der Waals surface area contributed by atoms with Gasteiger partial charge in [-0.2, -0.15) is 0 Å². The van der Waals surface area contributed by atoms with E-state index in [-0.39, 0.29) is 6.29 Å². The van der Waals surface area contributed by atoms with Gasteiger partial charge in [-0.3, -0.25) is 0 Å². The monoisotopic (exact) mass is 322 g/mol. The van der Waals surface area contributed by atoms with Gasteiger partial charge in [0.1, 0.15) is 5.82 Å². The first kappa shape index (κ1) is 19.9. The first-order valence-corrected chi connectivity index (χ1v) is 9.02. The Bertz CT molecular complexity index is 445. The fourth-order valence-corrected chi connectivity index (χ4v) is 2.62. The van der Waals surface area contributed by atoms with Gasteiger partial charge in [0.2, 0.25) is 0 Å². The van der Waals surface area contributed by atoms with Crippen LogP contribution in [0.15, 0.2) is 12.1 Å². The van der Waals surface area contributed by atoms with Crippen molar-refractivity contribution in [1.82, 2.24) is 4.98 Å². The molecule has 23 heavy (non-hydrogen) atoms. The fraction of sp³-hybridized carbons (Fsp3) is 0.737. The minimum Gasteiger partial charge on any atom is -0.367 e. The van der Waals surface area contributed by atoms with Crippen LogP contribution in [0.5, 0.6) is 0 Å². The summed E-state index contributed by atoms with van der Waals surface area (Å²) in [7, 11) is 0. The van der Waals surface area contributed by atoms with Gasteiger partial charge in [0.05, 0.1) is 0 Å². The van der Waals surface area contributed by atoms with Crippen molar-refractivity contribution in [3.05, 3.63) is 23.4 Å². The summed E-state index contributed by atoms with van der Waals surface area (Å²) in [5.74, 6) is 1.67. The largest absolute Gasteiger partial charge is 0.367 e. The molecular formula is C19H34N2O2. The van der Waals surface area contributed by atoms with Gasteiger partial charge >= 0.3 is 0 Å². The maximum absolute atomic E-state index is 5.68. The molecule has 2 atom stereocenters.